The summed E-state index contributed by atoms with van der Waals surface area (Å²) in [5.74, 6) is -2.50. The number of carboxylic acids is 1. The van der Waals surface area contributed by atoms with Crippen LogP contribution in [-0.4, -0.2) is 46.9 Å². The van der Waals surface area contributed by atoms with E-state index in [1.54, 1.807) is 24.3 Å². The van der Waals surface area contributed by atoms with Crippen LogP contribution in [0.3, 0.4) is 0 Å². The Morgan fingerprint density at radius 2 is 2.00 bits per heavy atom. The van der Waals surface area contributed by atoms with Gasteiger partial charge in [-0.2, -0.15) is 4.79 Å². The van der Waals surface area contributed by atoms with Crippen LogP contribution in [0.25, 0.3) is 5.53 Å². The fourth-order valence-corrected chi connectivity index (χ4v) is 2.08. The monoisotopic (exact) mass is 353 g/mol. The number of nitrogens with zero attached hydrogens (tertiary/aromatic N) is 2. The van der Waals surface area contributed by atoms with Crippen LogP contribution in [-0.2, 0) is 19.1 Å². The SMILES string of the molecule is COC(C(=O)NC(CCC(=O)C=[N+]=[N-])C(=O)O)c1ccc(Cl)cc1. The summed E-state index contributed by atoms with van der Waals surface area (Å²) < 4.78 is 5.11. The zero-order valence-electron chi connectivity index (χ0n) is 12.8. The molecule has 0 aliphatic rings. The largest absolute Gasteiger partial charge is 0.480 e. The molecule has 1 rings (SSSR count). The van der Waals surface area contributed by atoms with Crippen LogP contribution in [0.15, 0.2) is 24.3 Å². The van der Waals surface area contributed by atoms with E-state index in [1.165, 1.54) is 7.11 Å². The van der Waals surface area contributed by atoms with Gasteiger partial charge in [-0.1, -0.05) is 23.7 Å². The molecular weight excluding hydrogens is 338 g/mol. The summed E-state index contributed by atoms with van der Waals surface area (Å²) in [5.41, 5.74) is 8.75. The third-order valence-electron chi connectivity index (χ3n) is 3.14. The van der Waals surface area contributed by atoms with E-state index in [0.29, 0.717) is 16.8 Å². The van der Waals surface area contributed by atoms with Crippen LogP contribution in [0.4, 0.5) is 0 Å². The summed E-state index contributed by atoms with van der Waals surface area (Å²) in [6.45, 7) is 0. The van der Waals surface area contributed by atoms with E-state index in [-0.39, 0.29) is 12.8 Å². The number of rotatable bonds is 9. The van der Waals surface area contributed by atoms with Gasteiger partial charge >= 0.3 is 12.2 Å². The van der Waals surface area contributed by atoms with E-state index in [9.17, 15) is 14.4 Å². The lowest BCUT2D eigenvalue weighted by molar-refractivity contribution is -0.144. The molecule has 0 radical (unpaired) electrons. The molecule has 1 aromatic rings. The standard InChI is InChI=1S/C15H16ClN3O5/c1-24-13(9-2-4-10(16)5-3-9)14(21)19-12(15(22)23)7-6-11(20)8-18-17/h2-5,8,12-13H,6-7H2,1H3,(H,19,21)(H,22,23). The molecule has 2 unspecified atom stereocenters. The van der Waals surface area contributed by atoms with Crippen molar-refractivity contribution in [2.24, 2.45) is 0 Å². The first-order valence-corrected chi connectivity index (χ1v) is 7.28. The maximum atomic E-state index is 12.3. The normalized spacial score (nSPS) is 12.6. The number of benzene rings is 1. The molecule has 0 fully saturated rings. The predicted molar refractivity (Wildman–Crippen MR) is 84.7 cm³/mol. The molecule has 8 nitrogen and oxygen atoms in total. The Kier molecular flexibility index (Phi) is 7.77. The fourth-order valence-electron chi connectivity index (χ4n) is 1.95. The Morgan fingerprint density at radius 3 is 2.50 bits per heavy atom. The summed E-state index contributed by atoms with van der Waals surface area (Å²) in [7, 11) is 1.32. The molecular formula is C15H16ClN3O5. The van der Waals surface area contributed by atoms with Crippen LogP contribution in [0.5, 0.6) is 0 Å². The molecule has 128 valence electrons. The number of methoxy groups -OCH3 is 1. The van der Waals surface area contributed by atoms with Crippen molar-refractivity contribution < 1.29 is 29.0 Å². The fraction of sp³-hybridized carbons (Fsp3) is 0.333. The van der Waals surface area contributed by atoms with Crippen molar-refractivity contribution in [2.45, 2.75) is 25.0 Å². The van der Waals surface area contributed by atoms with Gasteiger partial charge in [-0.05, 0) is 24.1 Å². The highest BCUT2D eigenvalue weighted by Crippen LogP contribution is 2.19. The van der Waals surface area contributed by atoms with Gasteiger partial charge in [0.05, 0.1) is 0 Å². The summed E-state index contributed by atoms with van der Waals surface area (Å²) in [5, 5.41) is 12.0. The summed E-state index contributed by atoms with van der Waals surface area (Å²) >= 11 is 5.78. The van der Waals surface area contributed by atoms with Gasteiger partial charge in [0.15, 0.2) is 6.10 Å². The van der Waals surface area contributed by atoms with Gasteiger partial charge in [0.1, 0.15) is 6.04 Å². The molecule has 0 heterocycles. The number of ketones is 1. The summed E-state index contributed by atoms with van der Waals surface area (Å²) in [6, 6.07) is 5.06. The summed E-state index contributed by atoms with van der Waals surface area (Å²) in [6.07, 6.45) is -0.686. The lowest BCUT2D eigenvalue weighted by Gasteiger charge is -2.19. The van der Waals surface area contributed by atoms with Crippen LogP contribution in [0.2, 0.25) is 5.02 Å². The van der Waals surface area contributed by atoms with Gasteiger partial charge in [0, 0.05) is 18.6 Å². The molecule has 0 aliphatic heterocycles. The number of ether oxygens (including phenoxy) is 1. The molecule has 9 heteroatoms. The van der Waals surface area contributed by atoms with E-state index < -0.39 is 29.8 Å². The third-order valence-corrected chi connectivity index (χ3v) is 3.39. The first kappa shape index (κ1) is 19.5. The minimum atomic E-state index is -1.29. The molecule has 0 aliphatic carbocycles. The first-order valence-electron chi connectivity index (χ1n) is 6.90. The zero-order chi connectivity index (χ0) is 18.1. The van der Waals surface area contributed by atoms with Crippen molar-refractivity contribution in [3.05, 3.63) is 40.4 Å². The number of carboxylic acid groups (broad SMARTS) is 1. The second kappa shape index (κ2) is 9.57. The second-order valence-electron chi connectivity index (χ2n) is 4.82. The third kappa shape index (κ3) is 5.92. The van der Waals surface area contributed by atoms with E-state index in [2.05, 4.69) is 10.1 Å². The number of carbonyl (C=O) groups excluding carboxylic acids is 2. The van der Waals surface area contributed by atoms with E-state index in [4.69, 9.17) is 27.0 Å². The second-order valence-corrected chi connectivity index (χ2v) is 5.25. The number of aliphatic carboxylic acids is 1. The topological polar surface area (TPSA) is 129 Å². The van der Waals surface area contributed by atoms with Crippen molar-refractivity contribution in [3.8, 4) is 0 Å². The molecule has 0 saturated heterocycles. The minimum absolute atomic E-state index is 0.150. The van der Waals surface area contributed by atoms with Gasteiger partial charge in [-0.3, -0.25) is 9.59 Å². The van der Waals surface area contributed by atoms with E-state index in [0.717, 1.165) is 0 Å². The first-order chi connectivity index (χ1) is 11.4. The average molecular weight is 354 g/mol. The highest BCUT2D eigenvalue weighted by molar-refractivity contribution is 6.30. The molecule has 2 N–H and O–H groups in total. The molecule has 0 saturated carbocycles. The van der Waals surface area contributed by atoms with Gasteiger partial charge in [-0.25, -0.2) is 4.79 Å². The van der Waals surface area contributed by atoms with E-state index in [1.807, 2.05) is 0 Å². The lowest BCUT2D eigenvalue weighted by Crippen LogP contribution is -2.43. The van der Waals surface area contributed by atoms with Crippen molar-refractivity contribution in [1.82, 2.24) is 5.32 Å². The van der Waals surface area contributed by atoms with E-state index >= 15 is 0 Å². The Hall–Kier alpha value is -2.54. The number of hydrogen-bond acceptors (Lipinski definition) is 4. The molecule has 1 aromatic carbocycles. The highest BCUT2D eigenvalue weighted by Gasteiger charge is 2.27. The number of carbonyl (C=O) groups is 3. The Labute approximate surface area is 143 Å². The molecule has 0 spiro atoms. The Morgan fingerprint density at radius 1 is 1.38 bits per heavy atom. The van der Waals surface area contributed by atoms with Crippen molar-refractivity contribution in [1.29, 1.82) is 0 Å². The van der Waals surface area contributed by atoms with Crippen LogP contribution in [0.1, 0.15) is 24.5 Å². The molecule has 2 atom stereocenters. The van der Waals surface area contributed by atoms with Crippen molar-refractivity contribution in [3.63, 3.8) is 0 Å². The predicted octanol–water partition coefficient (Wildman–Crippen LogP) is 1.25. The van der Waals surface area contributed by atoms with Gasteiger partial charge in [0.25, 0.3) is 5.91 Å². The van der Waals surface area contributed by atoms with Crippen molar-refractivity contribution in [2.75, 3.05) is 7.11 Å². The number of halogens is 1. The zero-order valence-corrected chi connectivity index (χ0v) is 13.6. The minimum Gasteiger partial charge on any atom is -0.480 e. The average Bonchev–Trinajstić information content (AvgIpc) is 2.53. The van der Waals surface area contributed by atoms with Crippen LogP contribution < -0.4 is 5.32 Å². The molecule has 1 amide bonds. The maximum Gasteiger partial charge on any atom is 0.326 e. The van der Waals surface area contributed by atoms with Crippen molar-refractivity contribution >= 4 is 35.5 Å². The number of Topliss-reactive ketones (excluding diaryl/α,β-unsaturated/α-hetero) is 1. The number of amides is 1. The summed E-state index contributed by atoms with van der Waals surface area (Å²) in [4.78, 5) is 37.3. The maximum absolute atomic E-state index is 12.3. The van der Waals surface area contributed by atoms with Crippen LogP contribution >= 0.6 is 11.6 Å². The van der Waals surface area contributed by atoms with Gasteiger partial charge in [-0.15, -0.1) is 0 Å². The quantitative estimate of drug-likeness (QED) is 0.392. The van der Waals surface area contributed by atoms with Crippen LogP contribution in [0, 0.1) is 0 Å². The highest BCUT2D eigenvalue weighted by atomic mass is 35.5. The number of nitrogens with one attached hydrogen (secondary N) is 1. The Balaban J connectivity index is 2.78. The molecule has 24 heavy (non-hydrogen) atoms. The van der Waals surface area contributed by atoms with Gasteiger partial charge in [0.2, 0.25) is 5.78 Å². The number of hydrogen-bond donors (Lipinski definition) is 2. The Bertz CT molecular complexity index is 656. The molecule has 0 aromatic heterocycles. The van der Waals surface area contributed by atoms with Gasteiger partial charge < -0.3 is 20.7 Å². The smallest absolute Gasteiger partial charge is 0.326 e. The molecule has 0 bridgehead atoms. The lowest BCUT2D eigenvalue weighted by atomic mass is 10.1.